The first-order valence-electron chi connectivity index (χ1n) is 6.22. The summed E-state index contributed by atoms with van der Waals surface area (Å²) in [5.41, 5.74) is 0.648. The fourth-order valence-corrected chi connectivity index (χ4v) is 1.98. The second-order valence-electron chi connectivity index (χ2n) is 4.34. The van der Waals surface area contributed by atoms with E-state index in [1.165, 1.54) is 6.07 Å². The molecular weight excluding hydrogens is 262 g/mol. The third-order valence-electron chi connectivity index (χ3n) is 3.03. The number of hydrogen-bond donors (Lipinski definition) is 1. The third kappa shape index (κ3) is 2.48. The number of aromatic nitrogens is 2. The van der Waals surface area contributed by atoms with Crippen LogP contribution in [0.1, 0.15) is 10.6 Å². The van der Waals surface area contributed by atoms with Crippen LogP contribution in [0, 0.1) is 0 Å². The van der Waals surface area contributed by atoms with Crippen LogP contribution in [0.2, 0.25) is 0 Å². The highest BCUT2D eigenvalue weighted by atomic mass is 16.5. The van der Waals surface area contributed by atoms with Gasteiger partial charge in [0.2, 0.25) is 11.7 Å². The number of carboxylic acid groups (broad SMARTS) is 1. The zero-order valence-electron chi connectivity index (χ0n) is 10.7. The van der Waals surface area contributed by atoms with E-state index < -0.39 is 5.97 Å². The first-order valence-corrected chi connectivity index (χ1v) is 6.22. The molecule has 1 N–H and O–H groups in total. The van der Waals surface area contributed by atoms with Crippen molar-refractivity contribution >= 4 is 11.9 Å². The predicted molar refractivity (Wildman–Crippen MR) is 69.7 cm³/mol. The van der Waals surface area contributed by atoms with Gasteiger partial charge in [-0.2, -0.15) is 0 Å². The maximum atomic E-state index is 10.8. The first kappa shape index (κ1) is 12.6. The lowest BCUT2D eigenvalue weighted by atomic mass is 10.3. The van der Waals surface area contributed by atoms with E-state index in [-0.39, 0.29) is 5.76 Å². The number of furan rings is 1. The highest BCUT2D eigenvalue weighted by molar-refractivity contribution is 5.85. The number of hydrogen-bond acceptors (Lipinski definition) is 6. The fraction of sp³-hybridized carbons (Fsp3) is 0.308. The Morgan fingerprint density at radius 3 is 2.50 bits per heavy atom. The van der Waals surface area contributed by atoms with E-state index >= 15 is 0 Å². The Balaban J connectivity index is 1.79. The number of ether oxygens (including phenoxy) is 1. The molecule has 0 aromatic carbocycles. The number of morpholine rings is 1. The molecule has 2 aromatic heterocycles. The average Bonchev–Trinajstić information content (AvgIpc) is 2.98. The highest BCUT2D eigenvalue weighted by Gasteiger charge is 2.15. The SMILES string of the molecule is O=C(O)c1ccc(-c2cnc(N3CCOCC3)nc2)o1. The molecule has 0 saturated carbocycles. The summed E-state index contributed by atoms with van der Waals surface area (Å²) >= 11 is 0. The summed E-state index contributed by atoms with van der Waals surface area (Å²) in [4.78, 5) is 21.4. The smallest absolute Gasteiger partial charge is 0.371 e. The summed E-state index contributed by atoms with van der Waals surface area (Å²) < 4.78 is 10.5. The van der Waals surface area contributed by atoms with Crippen LogP contribution in [0.3, 0.4) is 0 Å². The van der Waals surface area contributed by atoms with Crippen LogP contribution in [-0.4, -0.2) is 47.3 Å². The minimum Gasteiger partial charge on any atom is -0.475 e. The van der Waals surface area contributed by atoms with E-state index in [4.69, 9.17) is 14.3 Å². The summed E-state index contributed by atoms with van der Waals surface area (Å²) in [6.45, 7) is 2.88. The minimum absolute atomic E-state index is 0.0998. The third-order valence-corrected chi connectivity index (χ3v) is 3.03. The summed E-state index contributed by atoms with van der Waals surface area (Å²) in [5.74, 6) is -0.114. The van der Waals surface area contributed by atoms with Gasteiger partial charge in [0.15, 0.2) is 0 Å². The molecule has 104 valence electrons. The molecule has 1 saturated heterocycles. The van der Waals surface area contributed by atoms with Gasteiger partial charge in [0.25, 0.3) is 0 Å². The number of nitrogens with zero attached hydrogens (tertiary/aromatic N) is 3. The van der Waals surface area contributed by atoms with Gasteiger partial charge >= 0.3 is 5.97 Å². The fourth-order valence-electron chi connectivity index (χ4n) is 1.98. The van der Waals surface area contributed by atoms with Gasteiger partial charge in [-0.1, -0.05) is 0 Å². The Bertz CT molecular complexity index is 602. The van der Waals surface area contributed by atoms with Crippen LogP contribution in [0.4, 0.5) is 5.95 Å². The van der Waals surface area contributed by atoms with Crippen molar-refractivity contribution in [3.63, 3.8) is 0 Å². The van der Waals surface area contributed by atoms with Crippen LogP contribution in [-0.2, 0) is 4.74 Å². The van der Waals surface area contributed by atoms with Crippen molar-refractivity contribution in [2.75, 3.05) is 31.2 Å². The van der Waals surface area contributed by atoms with E-state index in [9.17, 15) is 4.79 Å². The van der Waals surface area contributed by atoms with Crippen LogP contribution < -0.4 is 4.90 Å². The molecule has 7 heteroatoms. The number of carbonyl (C=O) groups is 1. The van der Waals surface area contributed by atoms with Gasteiger partial charge in [0.1, 0.15) is 5.76 Å². The van der Waals surface area contributed by atoms with Crippen LogP contribution >= 0.6 is 0 Å². The molecule has 20 heavy (non-hydrogen) atoms. The highest BCUT2D eigenvalue weighted by Crippen LogP contribution is 2.22. The monoisotopic (exact) mass is 275 g/mol. The number of rotatable bonds is 3. The largest absolute Gasteiger partial charge is 0.475 e. The normalized spacial score (nSPS) is 15.3. The Morgan fingerprint density at radius 1 is 1.20 bits per heavy atom. The summed E-state index contributed by atoms with van der Waals surface area (Å²) in [6.07, 6.45) is 3.25. The van der Waals surface area contributed by atoms with Crippen LogP contribution in [0.25, 0.3) is 11.3 Å². The van der Waals surface area contributed by atoms with E-state index in [2.05, 4.69) is 9.97 Å². The Kier molecular flexibility index (Phi) is 3.34. The van der Waals surface area contributed by atoms with Gasteiger partial charge in [-0.05, 0) is 12.1 Å². The molecule has 0 atom stereocenters. The number of aromatic carboxylic acids is 1. The van der Waals surface area contributed by atoms with Gasteiger partial charge in [-0.25, -0.2) is 14.8 Å². The summed E-state index contributed by atoms with van der Waals surface area (Å²) in [6, 6.07) is 3.00. The van der Waals surface area contributed by atoms with Crippen molar-refractivity contribution in [1.29, 1.82) is 0 Å². The Morgan fingerprint density at radius 2 is 1.90 bits per heavy atom. The Labute approximate surface area is 114 Å². The lowest BCUT2D eigenvalue weighted by molar-refractivity contribution is 0.0663. The predicted octanol–water partition coefficient (Wildman–Crippen LogP) is 1.27. The molecule has 1 aliphatic heterocycles. The molecule has 3 rings (SSSR count). The van der Waals surface area contributed by atoms with Gasteiger partial charge in [-0.15, -0.1) is 0 Å². The molecule has 0 spiro atoms. The lowest BCUT2D eigenvalue weighted by Crippen LogP contribution is -2.37. The maximum absolute atomic E-state index is 10.8. The van der Waals surface area contributed by atoms with Crippen molar-refractivity contribution in [3.05, 3.63) is 30.3 Å². The maximum Gasteiger partial charge on any atom is 0.371 e. The second kappa shape index (κ2) is 5.30. The molecule has 1 aliphatic rings. The molecule has 7 nitrogen and oxygen atoms in total. The van der Waals surface area contributed by atoms with Gasteiger partial charge in [0.05, 0.1) is 18.8 Å². The first-order chi connectivity index (χ1) is 9.74. The number of carboxylic acids is 1. The molecule has 2 aromatic rings. The van der Waals surface area contributed by atoms with Crippen molar-refractivity contribution < 1.29 is 19.1 Å². The van der Waals surface area contributed by atoms with Gasteiger partial charge < -0.3 is 19.2 Å². The molecule has 3 heterocycles. The minimum atomic E-state index is -1.10. The van der Waals surface area contributed by atoms with E-state index in [1.807, 2.05) is 4.90 Å². The van der Waals surface area contributed by atoms with Gasteiger partial charge in [-0.3, -0.25) is 0 Å². The van der Waals surface area contributed by atoms with Crippen molar-refractivity contribution in [1.82, 2.24) is 9.97 Å². The van der Waals surface area contributed by atoms with Crippen molar-refractivity contribution in [2.24, 2.45) is 0 Å². The molecular formula is C13H13N3O4. The Hall–Kier alpha value is -2.41. The van der Waals surface area contributed by atoms with Crippen molar-refractivity contribution in [2.45, 2.75) is 0 Å². The van der Waals surface area contributed by atoms with Crippen molar-refractivity contribution in [3.8, 4) is 11.3 Å². The molecule has 1 fully saturated rings. The molecule has 0 bridgehead atoms. The van der Waals surface area contributed by atoms with Crippen LogP contribution in [0.5, 0.6) is 0 Å². The molecule has 0 aliphatic carbocycles. The summed E-state index contributed by atoms with van der Waals surface area (Å²) in [7, 11) is 0. The number of anilines is 1. The zero-order valence-corrected chi connectivity index (χ0v) is 10.7. The topological polar surface area (TPSA) is 88.7 Å². The quantitative estimate of drug-likeness (QED) is 0.902. The standard InChI is InChI=1S/C13H13N3O4/c17-12(18)11-2-1-10(20-11)9-7-14-13(15-8-9)16-3-5-19-6-4-16/h1-2,7-8H,3-6H2,(H,17,18). The van der Waals surface area contributed by atoms with Crippen LogP contribution in [0.15, 0.2) is 28.9 Å². The lowest BCUT2D eigenvalue weighted by Gasteiger charge is -2.26. The molecule has 0 amide bonds. The average molecular weight is 275 g/mol. The molecule has 0 radical (unpaired) electrons. The zero-order chi connectivity index (χ0) is 13.9. The second-order valence-corrected chi connectivity index (χ2v) is 4.34. The van der Waals surface area contributed by atoms with E-state index in [0.29, 0.717) is 30.5 Å². The van der Waals surface area contributed by atoms with E-state index in [0.717, 1.165) is 13.1 Å². The molecule has 0 unspecified atom stereocenters. The summed E-state index contributed by atoms with van der Waals surface area (Å²) in [5, 5.41) is 8.82. The van der Waals surface area contributed by atoms with Gasteiger partial charge in [0, 0.05) is 25.5 Å². The van der Waals surface area contributed by atoms with E-state index in [1.54, 1.807) is 18.5 Å².